The largest absolute Gasteiger partial charge is 0.350 e. The van der Waals surface area contributed by atoms with Gasteiger partial charge in [-0.1, -0.05) is 26.0 Å². The van der Waals surface area contributed by atoms with E-state index in [1.807, 2.05) is 0 Å². The molecule has 1 aliphatic heterocycles. The van der Waals surface area contributed by atoms with Crippen LogP contribution >= 0.6 is 0 Å². The van der Waals surface area contributed by atoms with E-state index in [9.17, 15) is 4.79 Å². The molecule has 3 fully saturated rings. The Morgan fingerprint density at radius 1 is 1.33 bits per heavy atom. The molecule has 1 heterocycles. The first-order valence-electron chi connectivity index (χ1n) is 8.35. The minimum atomic E-state index is -0.142. The van der Waals surface area contributed by atoms with Crippen molar-refractivity contribution in [1.29, 1.82) is 0 Å². The minimum absolute atomic E-state index is 0.0524. The average molecular weight is 292 g/mol. The van der Waals surface area contributed by atoms with Crippen LogP contribution in [0.2, 0.25) is 0 Å². The highest BCUT2D eigenvalue weighted by atomic mass is 16.7. The normalized spacial score (nSPS) is 44.6. The SMILES string of the molecule is C=C(C)[C@@H]1C[C@@H](C)[C@](C)(C2OCCO2)[C@@H]2CC(=O)CC[C@H]21. The Labute approximate surface area is 128 Å². The molecule has 3 aliphatic rings. The Morgan fingerprint density at radius 2 is 2.00 bits per heavy atom. The van der Waals surface area contributed by atoms with E-state index in [1.165, 1.54) is 5.57 Å². The van der Waals surface area contributed by atoms with Gasteiger partial charge in [0.1, 0.15) is 5.78 Å². The van der Waals surface area contributed by atoms with Crippen LogP contribution < -0.4 is 0 Å². The molecule has 0 spiro atoms. The summed E-state index contributed by atoms with van der Waals surface area (Å²) in [7, 11) is 0. The quantitative estimate of drug-likeness (QED) is 0.730. The second kappa shape index (κ2) is 5.51. The second-order valence-corrected chi connectivity index (χ2v) is 7.58. The predicted molar refractivity (Wildman–Crippen MR) is 81.7 cm³/mol. The Kier molecular flexibility index (Phi) is 4.00. The van der Waals surface area contributed by atoms with Crippen LogP contribution in [0.1, 0.15) is 46.5 Å². The Morgan fingerprint density at radius 3 is 2.62 bits per heavy atom. The van der Waals surface area contributed by atoms with Crippen molar-refractivity contribution in [2.75, 3.05) is 13.2 Å². The van der Waals surface area contributed by atoms with E-state index < -0.39 is 0 Å². The number of fused-ring (bicyclic) bond motifs is 1. The van der Waals surface area contributed by atoms with Gasteiger partial charge in [-0.25, -0.2) is 0 Å². The van der Waals surface area contributed by atoms with Gasteiger partial charge >= 0.3 is 0 Å². The molecule has 0 aromatic carbocycles. The molecule has 118 valence electrons. The van der Waals surface area contributed by atoms with Crippen molar-refractivity contribution in [3.05, 3.63) is 12.2 Å². The fourth-order valence-electron chi connectivity index (χ4n) is 5.06. The summed E-state index contributed by atoms with van der Waals surface area (Å²) in [5.41, 5.74) is 1.23. The van der Waals surface area contributed by atoms with Crippen LogP contribution in [0.15, 0.2) is 12.2 Å². The van der Waals surface area contributed by atoms with Gasteiger partial charge in [0.25, 0.3) is 0 Å². The first kappa shape index (κ1) is 15.2. The van der Waals surface area contributed by atoms with Crippen molar-refractivity contribution >= 4 is 5.78 Å². The summed E-state index contributed by atoms with van der Waals surface area (Å²) in [6, 6.07) is 0. The molecule has 2 aliphatic carbocycles. The molecule has 1 saturated heterocycles. The van der Waals surface area contributed by atoms with E-state index in [2.05, 4.69) is 27.4 Å². The van der Waals surface area contributed by atoms with E-state index in [0.29, 0.717) is 49.1 Å². The van der Waals surface area contributed by atoms with Crippen molar-refractivity contribution in [3.8, 4) is 0 Å². The molecule has 0 bridgehead atoms. The molecule has 3 rings (SSSR count). The molecule has 0 N–H and O–H groups in total. The number of hydrogen-bond donors (Lipinski definition) is 0. The Bertz CT molecular complexity index is 438. The van der Waals surface area contributed by atoms with Gasteiger partial charge in [0.2, 0.25) is 0 Å². The van der Waals surface area contributed by atoms with Gasteiger partial charge in [-0.2, -0.15) is 0 Å². The van der Waals surface area contributed by atoms with Crippen molar-refractivity contribution in [1.82, 2.24) is 0 Å². The molecule has 0 amide bonds. The highest BCUT2D eigenvalue weighted by Gasteiger charge is 2.57. The van der Waals surface area contributed by atoms with Gasteiger partial charge in [0.15, 0.2) is 6.29 Å². The number of carbonyl (C=O) groups excluding carboxylic acids is 1. The van der Waals surface area contributed by atoms with Crippen LogP contribution in [0, 0.1) is 29.1 Å². The van der Waals surface area contributed by atoms with Crippen LogP contribution in [0.4, 0.5) is 0 Å². The molecular weight excluding hydrogens is 264 g/mol. The molecule has 21 heavy (non-hydrogen) atoms. The van der Waals surface area contributed by atoms with Crippen molar-refractivity contribution in [2.45, 2.75) is 52.7 Å². The highest BCUT2D eigenvalue weighted by molar-refractivity contribution is 5.79. The van der Waals surface area contributed by atoms with E-state index in [1.54, 1.807) is 0 Å². The van der Waals surface area contributed by atoms with Gasteiger partial charge in [-0.15, -0.1) is 0 Å². The summed E-state index contributed by atoms with van der Waals surface area (Å²) in [6.45, 7) is 12.3. The summed E-state index contributed by atoms with van der Waals surface area (Å²) in [5, 5.41) is 0. The maximum Gasteiger partial charge on any atom is 0.163 e. The first-order valence-corrected chi connectivity index (χ1v) is 8.35. The highest BCUT2D eigenvalue weighted by Crippen LogP contribution is 2.58. The summed E-state index contributed by atoms with van der Waals surface area (Å²) in [5.74, 6) is 2.37. The molecule has 0 unspecified atom stereocenters. The third-order valence-corrected chi connectivity index (χ3v) is 6.47. The van der Waals surface area contributed by atoms with Crippen LogP contribution in [0.3, 0.4) is 0 Å². The molecule has 3 heteroatoms. The molecule has 5 atom stereocenters. The zero-order valence-corrected chi connectivity index (χ0v) is 13.6. The molecule has 3 nitrogen and oxygen atoms in total. The van der Waals surface area contributed by atoms with Crippen molar-refractivity contribution < 1.29 is 14.3 Å². The maximum atomic E-state index is 12.1. The molecule has 0 aromatic rings. The molecule has 0 radical (unpaired) electrons. The van der Waals surface area contributed by atoms with Gasteiger partial charge in [-0.05, 0) is 43.4 Å². The second-order valence-electron chi connectivity index (χ2n) is 7.58. The lowest BCUT2D eigenvalue weighted by Crippen LogP contribution is -2.55. The lowest BCUT2D eigenvalue weighted by Gasteiger charge is -2.56. The minimum Gasteiger partial charge on any atom is -0.350 e. The zero-order valence-electron chi connectivity index (χ0n) is 13.6. The van der Waals surface area contributed by atoms with Gasteiger partial charge < -0.3 is 9.47 Å². The fourth-order valence-corrected chi connectivity index (χ4v) is 5.06. The third-order valence-electron chi connectivity index (χ3n) is 6.47. The first-order chi connectivity index (χ1) is 9.94. The lowest BCUT2D eigenvalue weighted by molar-refractivity contribution is -0.204. The summed E-state index contributed by atoms with van der Waals surface area (Å²) >= 11 is 0. The predicted octanol–water partition coefficient (Wildman–Crippen LogP) is 3.58. The summed E-state index contributed by atoms with van der Waals surface area (Å²) in [6.07, 6.45) is 3.44. The summed E-state index contributed by atoms with van der Waals surface area (Å²) in [4.78, 5) is 12.1. The smallest absolute Gasteiger partial charge is 0.163 e. The maximum absolute atomic E-state index is 12.1. The molecule has 2 saturated carbocycles. The monoisotopic (exact) mass is 292 g/mol. The number of allylic oxidation sites excluding steroid dienone is 1. The number of Topliss-reactive ketones (excluding diaryl/α,β-unsaturated/α-hetero) is 1. The Hall–Kier alpha value is -0.670. The topological polar surface area (TPSA) is 35.5 Å². The van der Waals surface area contributed by atoms with Gasteiger partial charge in [0.05, 0.1) is 13.2 Å². The summed E-state index contributed by atoms with van der Waals surface area (Å²) < 4.78 is 11.8. The molecule has 0 aromatic heterocycles. The number of carbonyl (C=O) groups is 1. The number of rotatable bonds is 2. The van der Waals surface area contributed by atoms with Crippen molar-refractivity contribution in [2.24, 2.45) is 29.1 Å². The Balaban J connectivity index is 1.95. The average Bonchev–Trinajstić information content (AvgIpc) is 2.97. The van der Waals surface area contributed by atoms with Gasteiger partial charge in [-0.3, -0.25) is 4.79 Å². The van der Waals surface area contributed by atoms with Crippen molar-refractivity contribution in [3.63, 3.8) is 0 Å². The van der Waals surface area contributed by atoms with Crippen LogP contribution in [0.5, 0.6) is 0 Å². The van der Waals surface area contributed by atoms with E-state index in [-0.39, 0.29) is 11.7 Å². The molecular formula is C18H28O3. The van der Waals surface area contributed by atoms with E-state index in [4.69, 9.17) is 9.47 Å². The fraction of sp³-hybridized carbons (Fsp3) is 0.833. The standard InChI is InChI=1S/C18H28O3/c1-11(2)15-9-12(3)18(4,17-20-7-8-21-17)16-10-13(19)5-6-14(15)16/h12,14-17H,1,5-10H2,2-4H3/t12-,14+,15+,16-,18+/m1/s1. The van der Waals surface area contributed by atoms with Crippen LogP contribution in [-0.2, 0) is 14.3 Å². The lowest BCUT2D eigenvalue weighted by atomic mass is 9.50. The van der Waals surface area contributed by atoms with Gasteiger partial charge in [0, 0.05) is 18.3 Å². The number of hydrogen-bond acceptors (Lipinski definition) is 3. The zero-order chi connectivity index (χ0) is 15.2. The van der Waals surface area contributed by atoms with Crippen LogP contribution in [-0.4, -0.2) is 25.3 Å². The third kappa shape index (κ3) is 2.39. The van der Waals surface area contributed by atoms with E-state index >= 15 is 0 Å². The van der Waals surface area contributed by atoms with E-state index in [0.717, 1.165) is 19.3 Å². The van der Waals surface area contributed by atoms with Crippen LogP contribution in [0.25, 0.3) is 0 Å². The number of ketones is 1. The number of ether oxygens (including phenoxy) is 2.